The Morgan fingerprint density at radius 1 is 1.33 bits per heavy atom. The van der Waals surface area contributed by atoms with E-state index in [2.05, 4.69) is 0 Å². The zero-order chi connectivity index (χ0) is 10.8. The number of carbonyl (C=O) groups is 2. The highest BCUT2D eigenvalue weighted by molar-refractivity contribution is 7.17. The summed E-state index contributed by atoms with van der Waals surface area (Å²) >= 11 is 1.24. The molecule has 0 amide bonds. The van der Waals surface area contributed by atoms with Gasteiger partial charge < -0.3 is 14.3 Å². The van der Waals surface area contributed by atoms with E-state index in [1.807, 2.05) is 0 Å². The number of aromatic carboxylic acids is 1. The summed E-state index contributed by atoms with van der Waals surface area (Å²) in [5.41, 5.74) is 0. The second-order valence-electron chi connectivity index (χ2n) is 2.77. The van der Waals surface area contributed by atoms with Gasteiger partial charge in [-0.2, -0.15) is 0 Å². The van der Waals surface area contributed by atoms with Crippen molar-refractivity contribution >= 4 is 23.6 Å². The maximum Gasteiger partial charge on any atom is 0.160 e. The largest absolute Gasteiger partial charge is 0.542 e. The van der Waals surface area contributed by atoms with E-state index in [1.54, 1.807) is 12.1 Å². The molecule has 0 saturated carbocycles. The maximum atomic E-state index is 10.4. The minimum Gasteiger partial charge on any atom is -0.542 e. The lowest BCUT2D eigenvalue weighted by atomic mass is 10.3. The van der Waals surface area contributed by atoms with E-state index in [9.17, 15) is 14.7 Å². The van der Waals surface area contributed by atoms with E-state index < -0.39 is 5.97 Å². The maximum absolute atomic E-state index is 10.4. The molecule has 5 heteroatoms. The second-order valence-corrected chi connectivity index (χ2v) is 3.89. The van der Waals surface area contributed by atoms with Crippen LogP contribution in [0.4, 0.5) is 0 Å². The van der Waals surface area contributed by atoms with Gasteiger partial charge in [-0.15, -0.1) is 11.3 Å². The summed E-state index contributed by atoms with van der Waals surface area (Å²) in [4.78, 5) is 22.2. The second kappa shape index (κ2) is 3.70. The van der Waals surface area contributed by atoms with Crippen LogP contribution >= 0.6 is 11.3 Å². The van der Waals surface area contributed by atoms with E-state index in [-0.39, 0.29) is 5.76 Å². The molecule has 0 saturated heterocycles. The minimum absolute atomic E-state index is 0.217. The van der Waals surface area contributed by atoms with Crippen molar-refractivity contribution in [2.24, 2.45) is 0 Å². The summed E-state index contributed by atoms with van der Waals surface area (Å²) in [6.07, 6.45) is 0.733. The van der Waals surface area contributed by atoms with Gasteiger partial charge in [0.2, 0.25) is 0 Å². The van der Waals surface area contributed by atoms with Crippen molar-refractivity contribution in [3.05, 3.63) is 34.9 Å². The molecule has 0 aromatic carbocycles. The first-order chi connectivity index (χ1) is 7.20. The molecule has 0 atom stereocenters. The Morgan fingerprint density at radius 3 is 2.67 bits per heavy atom. The number of carbonyl (C=O) groups excluding carboxylic acids is 2. The van der Waals surface area contributed by atoms with E-state index in [1.165, 1.54) is 23.5 Å². The van der Waals surface area contributed by atoms with Crippen LogP contribution in [0.2, 0.25) is 0 Å². The average molecular weight is 221 g/mol. The Hall–Kier alpha value is -1.88. The predicted octanol–water partition coefficient (Wildman–Crippen LogP) is 1.18. The van der Waals surface area contributed by atoms with Crippen molar-refractivity contribution in [1.82, 2.24) is 0 Å². The van der Waals surface area contributed by atoms with Gasteiger partial charge in [-0.25, -0.2) is 0 Å². The van der Waals surface area contributed by atoms with Crippen LogP contribution in [0.5, 0.6) is 0 Å². The van der Waals surface area contributed by atoms with Gasteiger partial charge >= 0.3 is 0 Å². The lowest BCUT2D eigenvalue weighted by Gasteiger charge is -1.94. The van der Waals surface area contributed by atoms with Crippen LogP contribution in [0.3, 0.4) is 0 Å². The van der Waals surface area contributed by atoms with Crippen molar-refractivity contribution in [3.63, 3.8) is 0 Å². The number of aldehydes is 1. The van der Waals surface area contributed by atoms with Crippen LogP contribution in [0, 0.1) is 0 Å². The number of hydrogen-bond acceptors (Lipinski definition) is 5. The van der Waals surface area contributed by atoms with Crippen molar-refractivity contribution in [2.45, 2.75) is 0 Å². The molecular formula is C10H5O4S-. The third-order valence-corrected chi connectivity index (χ3v) is 2.82. The van der Waals surface area contributed by atoms with Gasteiger partial charge in [-0.3, -0.25) is 4.79 Å². The van der Waals surface area contributed by atoms with Crippen LogP contribution in [-0.4, -0.2) is 12.3 Å². The van der Waals surface area contributed by atoms with Gasteiger partial charge in [0, 0.05) is 0 Å². The summed E-state index contributed by atoms with van der Waals surface area (Å²) in [5, 5.41) is 10.4. The molecular weight excluding hydrogens is 216 g/mol. The number of furan rings is 1. The summed E-state index contributed by atoms with van der Waals surface area (Å²) in [7, 11) is 0. The Balaban J connectivity index is 2.36. The van der Waals surface area contributed by atoms with E-state index in [4.69, 9.17) is 4.42 Å². The van der Waals surface area contributed by atoms with E-state index in [0.717, 1.165) is 6.29 Å². The molecule has 76 valence electrons. The zero-order valence-electron chi connectivity index (χ0n) is 7.43. The van der Waals surface area contributed by atoms with Crippen molar-refractivity contribution in [2.75, 3.05) is 0 Å². The highest BCUT2D eigenvalue weighted by Crippen LogP contribution is 2.28. The van der Waals surface area contributed by atoms with Crippen LogP contribution in [-0.2, 0) is 0 Å². The van der Waals surface area contributed by atoms with Crippen LogP contribution in [0.1, 0.15) is 20.2 Å². The van der Waals surface area contributed by atoms with Gasteiger partial charge in [-0.05, 0) is 24.3 Å². The first-order valence-corrected chi connectivity index (χ1v) is 4.89. The molecule has 15 heavy (non-hydrogen) atoms. The summed E-state index contributed by atoms with van der Waals surface area (Å²) < 4.78 is 5.02. The molecule has 0 aliphatic carbocycles. The van der Waals surface area contributed by atoms with Crippen LogP contribution < -0.4 is 5.11 Å². The number of hydrogen-bond donors (Lipinski definition) is 0. The van der Waals surface area contributed by atoms with Gasteiger partial charge in [-0.1, -0.05) is 0 Å². The molecule has 0 aliphatic heterocycles. The highest BCUT2D eigenvalue weighted by Gasteiger charge is 2.07. The molecule has 2 heterocycles. The lowest BCUT2D eigenvalue weighted by molar-refractivity contribution is -0.257. The Kier molecular flexibility index (Phi) is 2.39. The SMILES string of the molecule is O=Cc1ccc(-c2ccc(C(=O)[O-])o2)s1. The number of rotatable bonds is 3. The monoisotopic (exact) mass is 221 g/mol. The molecule has 0 spiro atoms. The van der Waals surface area contributed by atoms with E-state index in [0.29, 0.717) is 15.5 Å². The zero-order valence-corrected chi connectivity index (χ0v) is 8.24. The summed E-state index contributed by atoms with van der Waals surface area (Å²) in [5.74, 6) is -1.15. The molecule has 0 fully saturated rings. The third kappa shape index (κ3) is 1.82. The molecule has 4 nitrogen and oxygen atoms in total. The quantitative estimate of drug-likeness (QED) is 0.730. The Bertz CT molecular complexity index is 509. The topological polar surface area (TPSA) is 70.3 Å². The molecule has 2 aromatic rings. The lowest BCUT2D eigenvalue weighted by Crippen LogP contribution is -2.21. The number of carboxylic acid groups (broad SMARTS) is 1. The predicted molar refractivity (Wildman–Crippen MR) is 51.7 cm³/mol. The number of thiophene rings is 1. The van der Waals surface area contributed by atoms with Crippen molar-refractivity contribution in [1.29, 1.82) is 0 Å². The molecule has 0 unspecified atom stereocenters. The molecule has 0 bridgehead atoms. The van der Waals surface area contributed by atoms with Crippen molar-refractivity contribution < 1.29 is 19.1 Å². The first kappa shape index (κ1) is 9.67. The van der Waals surface area contributed by atoms with E-state index >= 15 is 0 Å². The average Bonchev–Trinajstić information content (AvgIpc) is 2.86. The first-order valence-electron chi connectivity index (χ1n) is 4.07. The van der Waals surface area contributed by atoms with Gasteiger partial charge in [0.25, 0.3) is 0 Å². The van der Waals surface area contributed by atoms with Gasteiger partial charge in [0.05, 0.1) is 9.75 Å². The van der Waals surface area contributed by atoms with Crippen molar-refractivity contribution in [3.8, 4) is 10.6 Å². The van der Waals surface area contributed by atoms with Crippen LogP contribution in [0.15, 0.2) is 28.7 Å². The standard InChI is InChI=1S/C10H6O4S/c11-5-6-1-4-9(15-6)7-2-3-8(14-7)10(12)13/h1-5H,(H,12,13)/p-1. The Morgan fingerprint density at radius 2 is 2.13 bits per heavy atom. The van der Waals surface area contributed by atoms with Gasteiger partial charge in [0.15, 0.2) is 6.29 Å². The Labute approximate surface area is 88.8 Å². The fourth-order valence-corrected chi connectivity index (χ4v) is 1.91. The number of carboxylic acids is 1. The summed E-state index contributed by atoms with van der Waals surface area (Å²) in [6, 6.07) is 6.21. The minimum atomic E-state index is -1.35. The highest BCUT2D eigenvalue weighted by atomic mass is 32.1. The molecule has 0 N–H and O–H groups in total. The smallest absolute Gasteiger partial charge is 0.160 e. The molecule has 0 radical (unpaired) electrons. The molecule has 0 aliphatic rings. The molecule has 2 rings (SSSR count). The fourth-order valence-electron chi connectivity index (χ4n) is 1.13. The molecule has 2 aromatic heterocycles. The van der Waals surface area contributed by atoms with Crippen LogP contribution in [0.25, 0.3) is 10.6 Å². The van der Waals surface area contributed by atoms with Gasteiger partial charge in [0.1, 0.15) is 17.5 Å². The third-order valence-electron chi connectivity index (χ3n) is 1.79. The summed E-state index contributed by atoms with van der Waals surface area (Å²) in [6.45, 7) is 0. The normalized spacial score (nSPS) is 10.1. The fraction of sp³-hybridized carbons (Fsp3) is 0.